The third kappa shape index (κ3) is 4.10. The maximum Gasteiger partial charge on any atom is 0.255 e. The van der Waals surface area contributed by atoms with Gasteiger partial charge in [0, 0.05) is 21.9 Å². The molecule has 3 rings (SSSR count). The lowest BCUT2D eigenvalue weighted by Gasteiger charge is -2.23. The van der Waals surface area contributed by atoms with E-state index in [4.69, 9.17) is 4.42 Å². The van der Waals surface area contributed by atoms with Gasteiger partial charge in [0.1, 0.15) is 0 Å². The van der Waals surface area contributed by atoms with E-state index < -0.39 is 0 Å². The van der Waals surface area contributed by atoms with Gasteiger partial charge in [0.25, 0.3) is 5.91 Å². The second-order valence-electron chi connectivity index (χ2n) is 5.30. The van der Waals surface area contributed by atoms with Gasteiger partial charge in [-0.15, -0.1) is 23.1 Å². The van der Waals surface area contributed by atoms with Crippen LogP contribution in [-0.4, -0.2) is 16.6 Å². The Morgan fingerprint density at radius 2 is 2.04 bits per heavy atom. The van der Waals surface area contributed by atoms with Crippen molar-refractivity contribution in [1.82, 2.24) is 4.90 Å². The molecule has 0 aliphatic rings. The van der Waals surface area contributed by atoms with E-state index in [2.05, 4.69) is 13.0 Å². The van der Waals surface area contributed by atoms with Gasteiger partial charge in [-0.05, 0) is 35.4 Å². The van der Waals surface area contributed by atoms with Crippen molar-refractivity contribution in [1.29, 1.82) is 0 Å². The highest BCUT2D eigenvalue weighted by Gasteiger charge is 2.20. The van der Waals surface area contributed by atoms with Crippen LogP contribution in [0, 0.1) is 0 Å². The van der Waals surface area contributed by atoms with Gasteiger partial charge < -0.3 is 9.32 Å². The maximum absolute atomic E-state index is 13.2. The van der Waals surface area contributed by atoms with E-state index in [-0.39, 0.29) is 5.91 Å². The summed E-state index contributed by atoms with van der Waals surface area (Å²) in [5.41, 5.74) is 1.77. The van der Waals surface area contributed by atoms with Crippen LogP contribution in [0.1, 0.15) is 27.7 Å². The van der Waals surface area contributed by atoms with Crippen LogP contribution in [0.15, 0.2) is 69.7 Å². The predicted molar refractivity (Wildman–Crippen MR) is 99.4 cm³/mol. The van der Waals surface area contributed by atoms with Gasteiger partial charge in [0.15, 0.2) is 0 Å². The molecule has 0 bridgehead atoms. The Kier molecular flexibility index (Phi) is 5.77. The Labute approximate surface area is 150 Å². The molecule has 3 aromatic rings. The molecule has 1 amide bonds. The van der Waals surface area contributed by atoms with Crippen molar-refractivity contribution in [2.75, 3.05) is 5.75 Å². The topological polar surface area (TPSA) is 33.5 Å². The Morgan fingerprint density at radius 3 is 2.75 bits per heavy atom. The van der Waals surface area contributed by atoms with Crippen LogP contribution in [0.3, 0.4) is 0 Å². The van der Waals surface area contributed by atoms with Gasteiger partial charge in [-0.25, -0.2) is 0 Å². The summed E-state index contributed by atoms with van der Waals surface area (Å²) in [6.45, 7) is 3.24. The molecule has 0 aliphatic carbocycles. The highest BCUT2D eigenvalue weighted by Crippen LogP contribution is 2.25. The fourth-order valence-corrected chi connectivity index (χ4v) is 4.00. The number of hydrogen-bond acceptors (Lipinski definition) is 4. The molecule has 2 heterocycles. The summed E-state index contributed by atoms with van der Waals surface area (Å²) in [5, 5.41) is 2.04. The second-order valence-corrected chi connectivity index (χ2v) is 7.64. The molecule has 0 N–H and O–H groups in total. The smallest absolute Gasteiger partial charge is 0.255 e. The number of thiophene rings is 1. The van der Waals surface area contributed by atoms with E-state index in [1.54, 1.807) is 35.6 Å². The normalized spacial score (nSPS) is 10.7. The Hall–Kier alpha value is -1.98. The van der Waals surface area contributed by atoms with Crippen LogP contribution >= 0.6 is 23.1 Å². The Bertz CT molecular complexity index is 730. The third-order valence-electron chi connectivity index (χ3n) is 3.58. The zero-order valence-corrected chi connectivity index (χ0v) is 15.1. The maximum atomic E-state index is 13.2. The largest absolute Gasteiger partial charge is 0.472 e. The molecular weight excluding hydrogens is 338 g/mol. The fourth-order valence-electron chi connectivity index (χ4n) is 2.49. The number of hydrogen-bond donors (Lipinski definition) is 0. The first kappa shape index (κ1) is 16.9. The lowest BCUT2D eigenvalue weighted by molar-refractivity contribution is 0.0728. The summed E-state index contributed by atoms with van der Waals surface area (Å²) in [4.78, 5) is 17.3. The summed E-state index contributed by atoms with van der Waals surface area (Å²) in [6.07, 6.45) is 3.34. The number of rotatable bonds is 7. The van der Waals surface area contributed by atoms with Crippen molar-refractivity contribution in [3.8, 4) is 0 Å². The van der Waals surface area contributed by atoms with Gasteiger partial charge >= 0.3 is 0 Å². The van der Waals surface area contributed by atoms with E-state index in [0.29, 0.717) is 13.1 Å². The standard InChI is InChI=1S/C19H19NO2S2/c1-2-23-18-8-4-3-7-17(18)19(21)20(12-15-9-10-22-14-15)13-16-6-5-11-24-16/h3-11,14H,2,12-13H2,1H3. The van der Waals surface area contributed by atoms with Crippen LogP contribution in [0.25, 0.3) is 0 Å². The molecule has 0 atom stereocenters. The zero-order valence-electron chi connectivity index (χ0n) is 13.5. The highest BCUT2D eigenvalue weighted by molar-refractivity contribution is 7.99. The van der Waals surface area contributed by atoms with Crippen molar-refractivity contribution in [2.45, 2.75) is 24.9 Å². The van der Waals surface area contributed by atoms with Crippen molar-refractivity contribution >= 4 is 29.0 Å². The monoisotopic (exact) mass is 357 g/mol. The molecule has 0 fully saturated rings. The molecule has 0 unspecified atom stereocenters. The minimum absolute atomic E-state index is 0.0566. The molecule has 0 spiro atoms. The molecule has 124 valence electrons. The van der Waals surface area contributed by atoms with E-state index in [0.717, 1.165) is 21.8 Å². The highest BCUT2D eigenvalue weighted by atomic mass is 32.2. The number of nitrogens with zero attached hydrogens (tertiary/aromatic N) is 1. The van der Waals surface area contributed by atoms with Crippen molar-refractivity contribution < 1.29 is 9.21 Å². The molecular formula is C19H19NO2S2. The van der Waals surface area contributed by atoms with E-state index >= 15 is 0 Å². The lowest BCUT2D eigenvalue weighted by atomic mass is 10.1. The van der Waals surface area contributed by atoms with Gasteiger partial charge in [-0.3, -0.25) is 4.79 Å². The van der Waals surface area contributed by atoms with E-state index in [1.807, 2.05) is 46.7 Å². The number of benzene rings is 1. The van der Waals surface area contributed by atoms with Crippen LogP contribution in [0.4, 0.5) is 0 Å². The SMILES string of the molecule is CCSc1ccccc1C(=O)N(Cc1ccoc1)Cc1cccs1. The first-order valence-electron chi connectivity index (χ1n) is 7.82. The Morgan fingerprint density at radius 1 is 1.17 bits per heavy atom. The lowest BCUT2D eigenvalue weighted by Crippen LogP contribution is -2.30. The molecule has 5 heteroatoms. The van der Waals surface area contributed by atoms with Crippen molar-refractivity contribution in [3.63, 3.8) is 0 Å². The first-order chi connectivity index (χ1) is 11.8. The van der Waals surface area contributed by atoms with Gasteiger partial charge in [-0.2, -0.15) is 0 Å². The third-order valence-corrected chi connectivity index (χ3v) is 5.40. The number of furan rings is 1. The molecule has 2 aromatic heterocycles. The summed E-state index contributed by atoms with van der Waals surface area (Å²) in [5.74, 6) is 0.998. The summed E-state index contributed by atoms with van der Waals surface area (Å²) in [6, 6.07) is 13.8. The van der Waals surface area contributed by atoms with Gasteiger partial charge in [0.05, 0.1) is 24.6 Å². The fraction of sp³-hybridized carbons (Fsp3) is 0.211. The predicted octanol–water partition coefficient (Wildman–Crippen LogP) is 5.30. The van der Waals surface area contributed by atoms with E-state index in [9.17, 15) is 4.79 Å². The van der Waals surface area contributed by atoms with Crippen LogP contribution in [0.5, 0.6) is 0 Å². The van der Waals surface area contributed by atoms with Crippen molar-refractivity contribution in [3.05, 3.63) is 76.4 Å². The van der Waals surface area contributed by atoms with Gasteiger partial charge in [0.2, 0.25) is 0 Å². The number of carbonyl (C=O) groups excluding carboxylic acids is 1. The average molecular weight is 358 g/mol. The number of thioether (sulfide) groups is 1. The zero-order chi connectivity index (χ0) is 16.8. The summed E-state index contributed by atoms with van der Waals surface area (Å²) >= 11 is 3.37. The minimum atomic E-state index is 0.0566. The van der Waals surface area contributed by atoms with Crippen molar-refractivity contribution in [2.24, 2.45) is 0 Å². The molecule has 0 saturated carbocycles. The number of amides is 1. The molecule has 1 aromatic carbocycles. The van der Waals surface area contributed by atoms with Crippen LogP contribution in [-0.2, 0) is 13.1 Å². The van der Waals surface area contributed by atoms with E-state index in [1.165, 1.54) is 4.88 Å². The Balaban J connectivity index is 1.87. The van der Waals surface area contributed by atoms with Crippen LogP contribution < -0.4 is 0 Å². The first-order valence-corrected chi connectivity index (χ1v) is 9.69. The second kappa shape index (κ2) is 8.22. The molecule has 0 radical (unpaired) electrons. The molecule has 0 saturated heterocycles. The van der Waals surface area contributed by atoms with Gasteiger partial charge in [-0.1, -0.05) is 25.1 Å². The average Bonchev–Trinajstić information content (AvgIpc) is 3.28. The summed E-state index contributed by atoms with van der Waals surface area (Å²) in [7, 11) is 0. The number of carbonyl (C=O) groups is 1. The summed E-state index contributed by atoms with van der Waals surface area (Å²) < 4.78 is 5.16. The quantitative estimate of drug-likeness (QED) is 0.538. The minimum Gasteiger partial charge on any atom is -0.472 e. The molecule has 0 aliphatic heterocycles. The molecule has 3 nitrogen and oxygen atoms in total. The molecule has 24 heavy (non-hydrogen) atoms. The van der Waals surface area contributed by atoms with Crippen LogP contribution in [0.2, 0.25) is 0 Å².